The van der Waals surface area contributed by atoms with Gasteiger partial charge in [-0.1, -0.05) is 18.5 Å². The highest BCUT2D eigenvalue weighted by Crippen LogP contribution is 2.33. The van der Waals surface area contributed by atoms with Crippen molar-refractivity contribution in [3.63, 3.8) is 0 Å². The van der Waals surface area contributed by atoms with Crippen LogP contribution in [0.25, 0.3) is 0 Å². The molecule has 1 fully saturated rings. The summed E-state index contributed by atoms with van der Waals surface area (Å²) in [5.74, 6) is 1.41. The van der Waals surface area contributed by atoms with Crippen molar-refractivity contribution in [1.82, 2.24) is 16.0 Å². The number of ether oxygens (including phenoxy) is 1. The molecule has 1 saturated heterocycles. The van der Waals surface area contributed by atoms with Crippen molar-refractivity contribution >= 4 is 53.1 Å². The zero-order chi connectivity index (χ0) is 19.6. The van der Waals surface area contributed by atoms with Crippen LogP contribution in [-0.2, 0) is 4.79 Å². The third-order valence-corrected chi connectivity index (χ3v) is 4.54. The summed E-state index contributed by atoms with van der Waals surface area (Å²) in [6, 6.07) is 5.87. The summed E-state index contributed by atoms with van der Waals surface area (Å²) in [6.07, 6.45) is 1.88. The maximum Gasteiger partial charge on any atom is 0.241 e. The normalized spacial score (nSPS) is 16.4. The Morgan fingerprint density at radius 1 is 1.36 bits per heavy atom. The van der Waals surface area contributed by atoms with Gasteiger partial charge in [-0.2, -0.15) is 0 Å². The molecule has 1 aliphatic rings. The molecule has 28 heavy (non-hydrogen) atoms. The zero-order valence-electron chi connectivity index (χ0n) is 16.8. The fourth-order valence-corrected chi connectivity index (χ4v) is 3.16. The van der Waals surface area contributed by atoms with Crippen LogP contribution in [0.3, 0.4) is 0 Å². The second-order valence-corrected chi connectivity index (χ2v) is 6.87. The van der Waals surface area contributed by atoms with E-state index in [2.05, 4.69) is 25.8 Å². The molecule has 1 heterocycles. The molecule has 158 valence electrons. The van der Waals surface area contributed by atoms with Crippen LogP contribution >= 0.6 is 35.6 Å². The van der Waals surface area contributed by atoms with E-state index >= 15 is 0 Å². The summed E-state index contributed by atoms with van der Waals surface area (Å²) in [7, 11) is 1.66. The molecular weight excluding hydrogens is 493 g/mol. The number of carbonyl (C=O) groups is 1. The SMILES string of the molecule is CCCNC(=O)CN=C(NCC)NC1CCN(c2cc(Cl)ccc2OC)C1.I. The van der Waals surface area contributed by atoms with Gasteiger partial charge in [0.15, 0.2) is 5.96 Å². The fourth-order valence-electron chi connectivity index (χ4n) is 2.99. The molecule has 1 aromatic carbocycles. The predicted octanol–water partition coefficient (Wildman–Crippen LogP) is 2.63. The molecule has 1 unspecified atom stereocenters. The minimum absolute atomic E-state index is 0. The van der Waals surface area contributed by atoms with Crippen LogP contribution in [0.5, 0.6) is 5.75 Å². The minimum Gasteiger partial charge on any atom is -0.495 e. The van der Waals surface area contributed by atoms with Crippen molar-refractivity contribution in [3.8, 4) is 5.75 Å². The molecule has 7 nitrogen and oxygen atoms in total. The largest absolute Gasteiger partial charge is 0.495 e. The van der Waals surface area contributed by atoms with Gasteiger partial charge in [0.1, 0.15) is 12.3 Å². The van der Waals surface area contributed by atoms with Crippen molar-refractivity contribution in [1.29, 1.82) is 0 Å². The molecule has 0 radical (unpaired) electrons. The average molecular weight is 524 g/mol. The molecule has 0 aliphatic carbocycles. The molecule has 9 heteroatoms. The van der Waals surface area contributed by atoms with Crippen molar-refractivity contribution < 1.29 is 9.53 Å². The predicted molar refractivity (Wildman–Crippen MR) is 126 cm³/mol. The third kappa shape index (κ3) is 7.54. The third-order valence-electron chi connectivity index (χ3n) is 4.31. The Morgan fingerprint density at radius 2 is 2.14 bits per heavy atom. The van der Waals surface area contributed by atoms with Gasteiger partial charge in [0.05, 0.1) is 12.8 Å². The van der Waals surface area contributed by atoms with E-state index in [-0.39, 0.29) is 42.5 Å². The highest BCUT2D eigenvalue weighted by atomic mass is 127. The summed E-state index contributed by atoms with van der Waals surface area (Å²) >= 11 is 6.16. The molecule has 1 atom stereocenters. The Hall–Kier alpha value is -1.42. The van der Waals surface area contributed by atoms with Gasteiger partial charge in [0.2, 0.25) is 5.91 Å². The highest BCUT2D eigenvalue weighted by Gasteiger charge is 2.25. The van der Waals surface area contributed by atoms with Crippen LogP contribution in [0.2, 0.25) is 5.02 Å². The molecule has 0 saturated carbocycles. The number of anilines is 1. The van der Waals surface area contributed by atoms with E-state index in [1.165, 1.54) is 0 Å². The van der Waals surface area contributed by atoms with Gasteiger partial charge in [-0.3, -0.25) is 4.79 Å². The summed E-state index contributed by atoms with van der Waals surface area (Å²) in [5.41, 5.74) is 0.996. The number of amides is 1. The van der Waals surface area contributed by atoms with Crippen LogP contribution in [0.15, 0.2) is 23.2 Å². The van der Waals surface area contributed by atoms with E-state index < -0.39 is 0 Å². The molecule has 3 N–H and O–H groups in total. The second kappa shape index (κ2) is 12.9. The maximum atomic E-state index is 11.8. The van der Waals surface area contributed by atoms with Gasteiger partial charge in [0, 0.05) is 37.2 Å². The van der Waals surface area contributed by atoms with Crippen molar-refractivity contribution in [2.24, 2.45) is 4.99 Å². The number of methoxy groups -OCH3 is 1. The number of nitrogens with zero attached hydrogens (tertiary/aromatic N) is 2. The quantitative estimate of drug-likeness (QED) is 0.277. The summed E-state index contributed by atoms with van der Waals surface area (Å²) in [4.78, 5) is 18.4. The molecule has 0 bridgehead atoms. The lowest BCUT2D eigenvalue weighted by atomic mass is 10.2. The first kappa shape index (κ1) is 24.6. The molecular formula is C19H31ClIN5O2. The number of aliphatic imine (C=N–C) groups is 1. The van der Waals surface area contributed by atoms with Crippen LogP contribution in [-0.4, -0.2) is 57.7 Å². The number of nitrogens with one attached hydrogen (secondary N) is 3. The standard InChI is InChI=1S/C19H30ClN5O2.HI/c1-4-9-22-18(26)12-23-19(21-5-2)24-15-8-10-25(13-15)16-11-14(20)6-7-17(16)27-3;/h6-7,11,15H,4-5,8-10,12-13H2,1-3H3,(H,22,26)(H2,21,23,24);1H. The first-order chi connectivity index (χ1) is 13.1. The number of hydrogen-bond acceptors (Lipinski definition) is 4. The van der Waals surface area contributed by atoms with Gasteiger partial charge in [-0.15, -0.1) is 24.0 Å². The summed E-state index contributed by atoms with van der Waals surface area (Å²) in [6.45, 7) is 7.27. The van der Waals surface area contributed by atoms with Crippen molar-refractivity contribution in [3.05, 3.63) is 23.2 Å². The highest BCUT2D eigenvalue weighted by molar-refractivity contribution is 14.0. The first-order valence-corrected chi connectivity index (χ1v) is 9.85. The molecule has 0 spiro atoms. The van der Waals surface area contributed by atoms with E-state index in [0.717, 1.165) is 43.9 Å². The van der Waals surface area contributed by atoms with E-state index in [4.69, 9.17) is 16.3 Å². The topological polar surface area (TPSA) is 78.0 Å². The number of benzene rings is 1. The Morgan fingerprint density at radius 3 is 2.82 bits per heavy atom. The molecule has 1 amide bonds. The number of rotatable bonds is 8. The van der Waals surface area contributed by atoms with Gasteiger partial charge in [-0.05, 0) is 38.0 Å². The van der Waals surface area contributed by atoms with Crippen LogP contribution < -0.4 is 25.6 Å². The Kier molecular flexibility index (Phi) is 11.4. The van der Waals surface area contributed by atoms with Gasteiger partial charge >= 0.3 is 0 Å². The van der Waals surface area contributed by atoms with E-state index in [1.54, 1.807) is 7.11 Å². The van der Waals surface area contributed by atoms with E-state index in [9.17, 15) is 4.79 Å². The lowest BCUT2D eigenvalue weighted by Crippen LogP contribution is -2.45. The molecule has 1 aromatic rings. The van der Waals surface area contributed by atoms with Crippen LogP contribution in [0, 0.1) is 0 Å². The second-order valence-electron chi connectivity index (χ2n) is 6.44. The van der Waals surface area contributed by atoms with Gasteiger partial charge in [-0.25, -0.2) is 4.99 Å². The lowest BCUT2D eigenvalue weighted by molar-refractivity contribution is -0.119. The number of halogens is 2. The Labute approximate surface area is 189 Å². The number of hydrogen-bond donors (Lipinski definition) is 3. The Balaban J connectivity index is 0.00000392. The molecule has 1 aliphatic heterocycles. The average Bonchev–Trinajstić information content (AvgIpc) is 3.13. The van der Waals surface area contributed by atoms with Crippen LogP contribution in [0.1, 0.15) is 26.7 Å². The Bertz CT molecular complexity index is 659. The zero-order valence-corrected chi connectivity index (χ0v) is 19.8. The molecule has 2 rings (SSSR count). The van der Waals surface area contributed by atoms with Gasteiger partial charge < -0.3 is 25.6 Å². The van der Waals surface area contributed by atoms with E-state index in [0.29, 0.717) is 17.5 Å². The van der Waals surface area contributed by atoms with Gasteiger partial charge in [0.25, 0.3) is 0 Å². The summed E-state index contributed by atoms with van der Waals surface area (Å²) in [5, 5.41) is 10.1. The molecule has 0 aromatic heterocycles. The number of guanidine groups is 1. The first-order valence-electron chi connectivity index (χ1n) is 9.47. The maximum absolute atomic E-state index is 11.8. The van der Waals surface area contributed by atoms with E-state index in [1.807, 2.05) is 32.0 Å². The lowest BCUT2D eigenvalue weighted by Gasteiger charge is -2.22. The number of carbonyl (C=O) groups excluding carboxylic acids is 1. The van der Waals surface area contributed by atoms with Crippen LogP contribution in [0.4, 0.5) is 5.69 Å². The monoisotopic (exact) mass is 523 g/mol. The van der Waals surface area contributed by atoms with Crippen molar-refractivity contribution in [2.75, 3.05) is 44.7 Å². The summed E-state index contributed by atoms with van der Waals surface area (Å²) < 4.78 is 5.46. The minimum atomic E-state index is -0.0641. The fraction of sp³-hybridized carbons (Fsp3) is 0.579. The smallest absolute Gasteiger partial charge is 0.241 e. The van der Waals surface area contributed by atoms with Crippen molar-refractivity contribution in [2.45, 2.75) is 32.7 Å².